The van der Waals surface area contributed by atoms with Gasteiger partial charge in [0, 0.05) is 36.8 Å². The minimum atomic E-state index is -3.98. The molecule has 0 radical (unpaired) electrons. The summed E-state index contributed by atoms with van der Waals surface area (Å²) in [5, 5.41) is 9.76. The average Bonchev–Trinajstić information content (AvgIpc) is 3.11. The van der Waals surface area contributed by atoms with Crippen LogP contribution in [0.3, 0.4) is 0 Å². The molecule has 4 aliphatic rings. The first-order valence-corrected chi connectivity index (χ1v) is 20.0. The van der Waals surface area contributed by atoms with Crippen molar-refractivity contribution < 1.29 is 32.6 Å². The van der Waals surface area contributed by atoms with Crippen LogP contribution in [0.25, 0.3) is 0 Å². The quantitative estimate of drug-likeness (QED) is 0.398. The van der Waals surface area contributed by atoms with E-state index in [0.717, 1.165) is 48.9 Å². The summed E-state index contributed by atoms with van der Waals surface area (Å²) in [6.45, 7) is 6.22. The van der Waals surface area contributed by atoms with Crippen molar-refractivity contribution in [3.8, 4) is 5.75 Å². The third-order valence-electron chi connectivity index (χ3n) is 11.2. The molecule has 0 unspecified atom stereocenters. The molecule has 5 atom stereocenters. The zero-order valence-corrected chi connectivity index (χ0v) is 30.6. The Bertz CT molecular complexity index is 1680. The van der Waals surface area contributed by atoms with E-state index >= 15 is 0 Å². The Balaban J connectivity index is 1.31. The molecule has 1 saturated carbocycles. The van der Waals surface area contributed by atoms with Gasteiger partial charge in [0.25, 0.3) is 5.91 Å². The van der Waals surface area contributed by atoms with Crippen LogP contribution in [0.15, 0.2) is 48.6 Å². The number of halogens is 1. The number of nitrogens with zero attached hydrogens (tertiary/aromatic N) is 2. The van der Waals surface area contributed by atoms with E-state index in [-0.39, 0.29) is 48.0 Å². The number of carbonyl (C=O) groups is 2. The van der Waals surface area contributed by atoms with Gasteiger partial charge in [-0.3, -0.25) is 9.59 Å². The van der Waals surface area contributed by atoms with E-state index in [1.54, 1.807) is 30.0 Å². The number of aliphatic hydroxyl groups excluding tert-OH is 1. The highest BCUT2D eigenvalue weighted by Crippen LogP contribution is 2.42. The number of allylic oxidation sites excluding steroid dienone is 1. The molecule has 0 spiro atoms. The number of piperidine rings is 1. The van der Waals surface area contributed by atoms with Gasteiger partial charge in [0.15, 0.2) is 0 Å². The van der Waals surface area contributed by atoms with Crippen molar-refractivity contribution in [3.63, 3.8) is 0 Å². The Morgan fingerprint density at radius 1 is 1.04 bits per heavy atom. The zero-order valence-electron chi connectivity index (χ0n) is 29.1. The standard InChI is InChI=1S/C38H50ClN3O7S/c1-25-6-5-8-35(49-24-37(44)41-18-15-32(43)16-19-41)33-13-10-29(33)22-42-17-4-3-7-27-20-31(39)12-9-30(27)23-48-36-14-11-28(21-34(36)42)38(45)40-50(46,47)26(25)2/h5,8-9,11-12,14,20-21,25-26,29,32-33,35,43H,3-4,6-7,10,13,15-19,22-24H2,1-2H3,(H,40,45)/b8-5+/t25-,26+,29-,33+,35-/m0/s1. The fraction of sp³-hybridized carbons (Fsp3) is 0.579. The maximum Gasteiger partial charge on any atom is 0.264 e. The molecule has 6 rings (SSSR count). The normalized spacial score (nSPS) is 28.5. The summed E-state index contributed by atoms with van der Waals surface area (Å²) in [4.78, 5) is 30.7. The number of hydrogen-bond donors (Lipinski definition) is 2. The maximum absolute atomic E-state index is 13.5. The Kier molecular flexibility index (Phi) is 11.8. The second-order valence-corrected chi connectivity index (χ2v) is 17.0. The number of ether oxygens (including phenoxy) is 2. The lowest BCUT2D eigenvalue weighted by molar-refractivity contribution is -0.141. The number of carbonyl (C=O) groups excluding carboxylic acids is 2. The molecule has 0 aromatic heterocycles. The first-order valence-electron chi connectivity index (χ1n) is 18.1. The van der Waals surface area contributed by atoms with Gasteiger partial charge in [0.2, 0.25) is 15.9 Å². The number of anilines is 1. The lowest BCUT2D eigenvalue weighted by Crippen LogP contribution is -2.46. The number of nitrogens with one attached hydrogen (secondary N) is 1. The van der Waals surface area contributed by atoms with Gasteiger partial charge in [-0.25, -0.2) is 13.1 Å². The number of aliphatic hydroxyl groups is 1. The number of benzene rings is 2. The van der Waals surface area contributed by atoms with E-state index in [9.17, 15) is 23.1 Å². The fourth-order valence-electron chi connectivity index (χ4n) is 7.52. The monoisotopic (exact) mass is 727 g/mol. The van der Waals surface area contributed by atoms with Crippen LogP contribution in [0.5, 0.6) is 5.75 Å². The molecule has 3 heterocycles. The second-order valence-electron chi connectivity index (χ2n) is 14.5. The maximum atomic E-state index is 13.5. The lowest BCUT2D eigenvalue weighted by Gasteiger charge is -2.44. The van der Waals surface area contributed by atoms with Crippen LogP contribution < -0.4 is 14.4 Å². The predicted octanol–water partition coefficient (Wildman–Crippen LogP) is 5.50. The summed E-state index contributed by atoms with van der Waals surface area (Å²) in [7, 11) is -3.98. The minimum absolute atomic E-state index is 0.0466. The van der Waals surface area contributed by atoms with Gasteiger partial charge in [0.1, 0.15) is 19.0 Å². The fourth-order valence-corrected chi connectivity index (χ4v) is 9.00. The molecule has 50 heavy (non-hydrogen) atoms. The van der Waals surface area contributed by atoms with Gasteiger partial charge in [-0.1, -0.05) is 36.7 Å². The highest BCUT2D eigenvalue weighted by atomic mass is 35.5. The number of sulfonamides is 1. The topological polar surface area (TPSA) is 125 Å². The van der Waals surface area contributed by atoms with Gasteiger partial charge in [-0.15, -0.1) is 0 Å². The van der Waals surface area contributed by atoms with Crippen LogP contribution in [-0.2, 0) is 32.6 Å². The van der Waals surface area contributed by atoms with Gasteiger partial charge < -0.3 is 24.4 Å². The van der Waals surface area contributed by atoms with E-state index in [1.807, 2.05) is 37.3 Å². The molecule has 3 aliphatic heterocycles. The Morgan fingerprint density at radius 2 is 1.84 bits per heavy atom. The Morgan fingerprint density at radius 3 is 2.60 bits per heavy atom. The molecule has 10 nitrogen and oxygen atoms in total. The largest absolute Gasteiger partial charge is 0.487 e. The summed E-state index contributed by atoms with van der Waals surface area (Å²) >= 11 is 6.36. The van der Waals surface area contributed by atoms with Gasteiger partial charge in [-0.05, 0) is 118 Å². The van der Waals surface area contributed by atoms with E-state index in [0.29, 0.717) is 62.8 Å². The molecule has 12 heteroatoms. The van der Waals surface area contributed by atoms with E-state index in [4.69, 9.17) is 21.1 Å². The summed E-state index contributed by atoms with van der Waals surface area (Å²) in [6.07, 6.45) is 9.55. The molecule has 2 fully saturated rings. The van der Waals surface area contributed by atoms with Gasteiger partial charge in [0.05, 0.1) is 23.1 Å². The third-order valence-corrected chi connectivity index (χ3v) is 13.3. The molecule has 1 saturated heterocycles. The average molecular weight is 728 g/mol. The van der Waals surface area contributed by atoms with Crippen LogP contribution in [0, 0.1) is 17.8 Å². The Labute approximate surface area is 301 Å². The van der Waals surface area contributed by atoms with Crippen LogP contribution in [0.4, 0.5) is 5.69 Å². The smallest absolute Gasteiger partial charge is 0.264 e. The van der Waals surface area contributed by atoms with Crippen molar-refractivity contribution in [3.05, 3.63) is 70.3 Å². The van der Waals surface area contributed by atoms with E-state index in [2.05, 4.69) is 9.62 Å². The lowest BCUT2D eigenvalue weighted by atomic mass is 9.70. The molecule has 272 valence electrons. The summed E-state index contributed by atoms with van der Waals surface area (Å²) < 4.78 is 42.0. The van der Waals surface area contributed by atoms with Crippen molar-refractivity contribution in [1.82, 2.24) is 9.62 Å². The zero-order chi connectivity index (χ0) is 35.4. The van der Waals surface area contributed by atoms with E-state index in [1.165, 1.54) is 0 Å². The number of aryl methyl sites for hydroxylation is 1. The predicted molar refractivity (Wildman–Crippen MR) is 194 cm³/mol. The molecule has 2 N–H and O–H groups in total. The molecule has 2 bridgehead atoms. The molecule has 2 aromatic rings. The highest BCUT2D eigenvalue weighted by Gasteiger charge is 2.39. The first-order chi connectivity index (χ1) is 24.0. The number of hydrogen-bond acceptors (Lipinski definition) is 8. The molecule has 2 aromatic carbocycles. The Hall–Kier alpha value is -3.12. The van der Waals surface area contributed by atoms with Gasteiger partial charge >= 0.3 is 0 Å². The van der Waals surface area contributed by atoms with Crippen molar-refractivity contribution in [2.75, 3.05) is 37.7 Å². The number of amides is 2. The summed E-state index contributed by atoms with van der Waals surface area (Å²) in [5.41, 5.74) is 3.22. The van der Waals surface area contributed by atoms with Crippen molar-refractivity contribution in [2.45, 2.75) is 89.3 Å². The number of likely N-dealkylation sites (tertiary alicyclic amines) is 1. The molecule has 1 aliphatic carbocycles. The highest BCUT2D eigenvalue weighted by molar-refractivity contribution is 7.90. The van der Waals surface area contributed by atoms with Crippen molar-refractivity contribution >= 4 is 39.1 Å². The molecular weight excluding hydrogens is 678 g/mol. The van der Waals surface area contributed by atoms with Crippen molar-refractivity contribution in [1.29, 1.82) is 0 Å². The van der Waals surface area contributed by atoms with Gasteiger partial charge in [-0.2, -0.15) is 0 Å². The third kappa shape index (κ3) is 8.66. The summed E-state index contributed by atoms with van der Waals surface area (Å²) in [5.74, 6) is 0.0266. The minimum Gasteiger partial charge on any atom is -0.487 e. The van der Waals surface area contributed by atoms with Crippen LogP contribution in [-0.4, -0.2) is 80.5 Å². The first kappa shape index (κ1) is 36.7. The van der Waals surface area contributed by atoms with Crippen LogP contribution in [0.2, 0.25) is 5.02 Å². The van der Waals surface area contributed by atoms with Crippen LogP contribution >= 0.6 is 11.6 Å². The van der Waals surface area contributed by atoms with Crippen molar-refractivity contribution in [2.24, 2.45) is 17.8 Å². The van der Waals surface area contributed by atoms with Crippen LogP contribution in [0.1, 0.15) is 80.3 Å². The molecular formula is C38H50ClN3O7S. The second kappa shape index (κ2) is 16.0. The SMILES string of the molecule is C[C@@H]1[C@@H](C)C/C=C/[C@H](OCC(=O)N2CCC(O)CC2)[C@@H]2CC[C@H]2CN2CCCCc3cc(Cl)ccc3COc3ccc(cc32)C(=O)NS1(=O)=O. The molecule has 2 amide bonds. The number of fused-ring (bicyclic) bond motifs is 3. The number of rotatable bonds is 3. The van der Waals surface area contributed by atoms with E-state index < -0.39 is 21.2 Å². The summed E-state index contributed by atoms with van der Waals surface area (Å²) in [6, 6.07) is 11.0.